The lowest BCUT2D eigenvalue weighted by Crippen LogP contribution is -2.28. The molecule has 134 valence electrons. The van der Waals surface area contributed by atoms with Crippen LogP contribution in [0.2, 0.25) is 0 Å². The van der Waals surface area contributed by atoms with Crippen LogP contribution in [0.3, 0.4) is 0 Å². The van der Waals surface area contributed by atoms with Gasteiger partial charge in [-0.2, -0.15) is 0 Å². The second-order valence-corrected chi connectivity index (χ2v) is 5.97. The van der Waals surface area contributed by atoms with Crippen molar-refractivity contribution in [3.63, 3.8) is 0 Å². The zero-order valence-electron chi connectivity index (χ0n) is 15.1. The first-order chi connectivity index (χ1) is 12.1. The average molecular weight is 342 g/mol. The van der Waals surface area contributed by atoms with Crippen LogP contribution in [0, 0.1) is 6.92 Å². The molecule has 0 fully saturated rings. The van der Waals surface area contributed by atoms with Crippen molar-refractivity contribution in [3.05, 3.63) is 54.1 Å². The molecule has 25 heavy (non-hydrogen) atoms. The number of hydrogen-bond acceptors (Lipinski definition) is 4. The standard InChI is InChI=1S/C20H26N2O3/c1-16-7-6-8-17(15-16)25-14-13-22(2)12-11-20(23)21-18-9-4-5-10-19(18)24-3/h4-10,15H,11-14H2,1-3H3,(H,21,23). The van der Waals surface area contributed by atoms with Crippen LogP contribution in [-0.4, -0.2) is 44.7 Å². The number of methoxy groups -OCH3 is 1. The molecule has 1 N–H and O–H groups in total. The second-order valence-electron chi connectivity index (χ2n) is 5.97. The highest BCUT2D eigenvalue weighted by molar-refractivity contribution is 5.92. The Morgan fingerprint density at radius 1 is 1.12 bits per heavy atom. The Balaban J connectivity index is 1.68. The van der Waals surface area contributed by atoms with E-state index in [0.717, 1.165) is 12.3 Å². The quantitative estimate of drug-likeness (QED) is 0.759. The highest BCUT2D eigenvalue weighted by atomic mass is 16.5. The van der Waals surface area contributed by atoms with Gasteiger partial charge in [0.05, 0.1) is 12.8 Å². The van der Waals surface area contributed by atoms with E-state index in [-0.39, 0.29) is 5.91 Å². The first-order valence-electron chi connectivity index (χ1n) is 8.39. The van der Waals surface area contributed by atoms with Gasteiger partial charge in [-0.15, -0.1) is 0 Å². The third-order valence-electron chi connectivity index (χ3n) is 3.83. The molecule has 0 heterocycles. The number of para-hydroxylation sites is 2. The van der Waals surface area contributed by atoms with Gasteiger partial charge in [-0.1, -0.05) is 24.3 Å². The molecule has 0 atom stereocenters. The van der Waals surface area contributed by atoms with E-state index in [1.807, 2.05) is 62.5 Å². The molecule has 2 aromatic rings. The summed E-state index contributed by atoms with van der Waals surface area (Å²) in [4.78, 5) is 14.2. The van der Waals surface area contributed by atoms with Crippen molar-refractivity contribution in [2.75, 3.05) is 39.2 Å². The first-order valence-corrected chi connectivity index (χ1v) is 8.39. The van der Waals surface area contributed by atoms with Crippen LogP contribution in [0.25, 0.3) is 0 Å². The molecular weight excluding hydrogens is 316 g/mol. The molecule has 0 unspecified atom stereocenters. The number of likely N-dealkylation sites (N-methyl/N-ethyl adjacent to an activating group) is 1. The SMILES string of the molecule is COc1ccccc1NC(=O)CCN(C)CCOc1cccc(C)c1. The van der Waals surface area contributed by atoms with E-state index < -0.39 is 0 Å². The third kappa shape index (κ3) is 6.47. The highest BCUT2D eigenvalue weighted by Crippen LogP contribution is 2.23. The van der Waals surface area contributed by atoms with E-state index in [1.165, 1.54) is 5.56 Å². The molecule has 5 nitrogen and oxygen atoms in total. The van der Waals surface area contributed by atoms with Crippen LogP contribution in [0.15, 0.2) is 48.5 Å². The summed E-state index contributed by atoms with van der Waals surface area (Å²) in [6, 6.07) is 15.4. The predicted molar refractivity (Wildman–Crippen MR) is 100 cm³/mol. The lowest BCUT2D eigenvalue weighted by atomic mass is 10.2. The van der Waals surface area contributed by atoms with Gasteiger partial charge in [-0.3, -0.25) is 4.79 Å². The molecule has 0 saturated carbocycles. The minimum absolute atomic E-state index is 0.0315. The lowest BCUT2D eigenvalue weighted by Gasteiger charge is -2.17. The fourth-order valence-corrected chi connectivity index (χ4v) is 2.39. The maximum atomic E-state index is 12.1. The zero-order chi connectivity index (χ0) is 18.1. The van der Waals surface area contributed by atoms with Crippen molar-refractivity contribution in [1.29, 1.82) is 0 Å². The number of hydrogen-bond donors (Lipinski definition) is 1. The van der Waals surface area contributed by atoms with Crippen molar-refractivity contribution in [2.24, 2.45) is 0 Å². The molecule has 5 heteroatoms. The summed E-state index contributed by atoms with van der Waals surface area (Å²) in [5.74, 6) is 1.51. The molecule has 0 spiro atoms. The first kappa shape index (κ1) is 18.8. The van der Waals surface area contributed by atoms with Crippen LogP contribution in [0.1, 0.15) is 12.0 Å². The zero-order valence-corrected chi connectivity index (χ0v) is 15.1. The molecule has 1 amide bonds. The van der Waals surface area contributed by atoms with Gasteiger partial charge in [0.25, 0.3) is 0 Å². The van der Waals surface area contributed by atoms with Gasteiger partial charge in [0.2, 0.25) is 5.91 Å². The molecule has 0 aliphatic rings. The number of benzene rings is 2. The topological polar surface area (TPSA) is 50.8 Å². The Morgan fingerprint density at radius 2 is 1.92 bits per heavy atom. The summed E-state index contributed by atoms with van der Waals surface area (Å²) >= 11 is 0. The smallest absolute Gasteiger partial charge is 0.225 e. The van der Waals surface area contributed by atoms with Crippen LogP contribution >= 0.6 is 0 Å². The summed E-state index contributed by atoms with van der Waals surface area (Å²) in [6.45, 7) is 4.06. The van der Waals surface area contributed by atoms with Gasteiger partial charge in [-0.05, 0) is 43.8 Å². The molecular formula is C20H26N2O3. The number of amides is 1. The van der Waals surface area contributed by atoms with Crippen molar-refractivity contribution in [1.82, 2.24) is 4.90 Å². The van der Waals surface area contributed by atoms with Gasteiger partial charge in [0.1, 0.15) is 18.1 Å². The maximum absolute atomic E-state index is 12.1. The van der Waals surface area contributed by atoms with Crippen LogP contribution in [-0.2, 0) is 4.79 Å². The van der Waals surface area contributed by atoms with E-state index >= 15 is 0 Å². The number of nitrogens with zero attached hydrogens (tertiary/aromatic N) is 1. The molecule has 0 aromatic heterocycles. The second kappa shape index (κ2) is 9.69. The van der Waals surface area contributed by atoms with Crippen molar-refractivity contribution in [2.45, 2.75) is 13.3 Å². The summed E-state index contributed by atoms with van der Waals surface area (Å²) in [6.07, 6.45) is 0.416. The maximum Gasteiger partial charge on any atom is 0.225 e. The van der Waals surface area contributed by atoms with Crippen LogP contribution in [0.5, 0.6) is 11.5 Å². The number of carbonyl (C=O) groups is 1. The molecule has 0 saturated heterocycles. The number of aryl methyl sites for hydroxylation is 1. The van der Waals surface area contributed by atoms with Crippen molar-refractivity contribution < 1.29 is 14.3 Å². The summed E-state index contributed by atoms with van der Waals surface area (Å²) in [5.41, 5.74) is 1.87. The van der Waals surface area contributed by atoms with Crippen LogP contribution in [0.4, 0.5) is 5.69 Å². The third-order valence-corrected chi connectivity index (χ3v) is 3.83. The number of nitrogens with one attached hydrogen (secondary N) is 1. The van der Waals surface area contributed by atoms with E-state index in [4.69, 9.17) is 9.47 Å². The van der Waals surface area contributed by atoms with Crippen molar-refractivity contribution >= 4 is 11.6 Å². The summed E-state index contributed by atoms with van der Waals surface area (Å²) < 4.78 is 11.0. The average Bonchev–Trinajstić information content (AvgIpc) is 2.60. The van der Waals surface area contributed by atoms with E-state index in [2.05, 4.69) is 10.2 Å². The molecule has 0 aliphatic carbocycles. The summed E-state index contributed by atoms with van der Waals surface area (Å²) in [5, 5.41) is 2.88. The minimum Gasteiger partial charge on any atom is -0.495 e. The number of anilines is 1. The molecule has 2 aromatic carbocycles. The monoisotopic (exact) mass is 342 g/mol. The van der Waals surface area contributed by atoms with Gasteiger partial charge in [0.15, 0.2) is 0 Å². The van der Waals surface area contributed by atoms with Gasteiger partial charge >= 0.3 is 0 Å². The Bertz CT molecular complexity index is 688. The minimum atomic E-state index is -0.0315. The van der Waals surface area contributed by atoms with Crippen LogP contribution < -0.4 is 14.8 Å². The molecule has 0 radical (unpaired) electrons. The Kier molecular flexibility index (Phi) is 7.29. The predicted octanol–water partition coefficient (Wildman–Crippen LogP) is 3.34. The van der Waals surface area contributed by atoms with E-state index in [0.29, 0.717) is 31.0 Å². The van der Waals surface area contributed by atoms with Gasteiger partial charge in [0, 0.05) is 19.5 Å². The number of ether oxygens (including phenoxy) is 2. The lowest BCUT2D eigenvalue weighted by molar-refractivity contribution is -0.116. The number of carbonyl (C=O) groups excluding carboxylic acids is 1. The molecule has 0 bridgehead atoms. The molecule has 2 rings (SSSR count). The van der Waals surface area contributed by atoms with Gasteiger partial charge < -0.3 is 19.7 Å². The Morgan fingerprint density at radius 3 is 2.68 bits per heavy atom. The fourth-order valence-electron chi connectivity index (χ4n) is 2.39. The number of rotatable bonds is 9. The molecule has 0 aliphatic heterocycles. The van der Waals surface area contributed by atoms with E-state index in [1.54, 1.807) is 7.11 Å². The van der Waals surface area contributed by atoms with Crippen molar-refractivity contribution in [3.8, 4) is 11.5 Å². The largest absolute Gasteiger partial charge is 0.495 e. The normalized spacial score (nSPS) is 10.6. The summed E-state index contributed by atoms with van der Waals surface area (Å²) in [7, 11) is 3.57. The highest BCUT2D eigenvalue weighted by Gasteiger charge is 2.08. The fraction of sp³-hybridized carbons (Fsp3) is 0.350. The Labute approximate surface area is 149 Å². The Hall–Kier alpha value is -2.53. The van der Waals surface area contributed by atoms with E-state index in [9.17, 15) is 4.79 Å². The van der Waals surface area contributed by atoms with Gasteiger partial charge in [-0.25, -0.2) is 0 Å².